The van der Waals surface area contributed by atoms with E-state index in [9.17, 15) is 18.0 Å². The molecule has 1 fully saturated rings. The smallest absolute Gasteiger partial charge is 0.434 e. The fourth-order valence-electron chi connectivity index (χ4n) is 4.02. The van der Waals surface area contributed by atoms with Gasteiger partial charge in [-0.15, -0.1) is 0 Å². The van der Waals surface area contributed by atoms with Crippen molar-refractivity contribution in [3.63, 3.8) is 0 Å². The fourth-order valence-corrected chi connectivity index (χ4v) is 4.15. The van der Waals surface area contributed by atoms with Crippen LogP contribution in [-0.2, 0) is 17.5 Å². The van der Waals surface area contributed by atoms with Crippen molar-refractivity contribution in [1.82, 2.24) is 34.2 Å². The van der Waals surface area contributed by atoms with E-state index < -0.39 is 23.6 Å². The van der Waals surface area contributed by atoms with Gasteiger partial charge in [0, 0.05) is 31.0 Å². The van der Waals surface area contributed by atoms with Crippen molar-refractivity contribution < 1.29 is 22.7 Å². The van der Waals surface area contributed by atoms with Crippen LogP contribution in [0.2, 0.25) is 5.28 Å². The Bertz CT molecular complexity index is 1450. The SMILES string of the molecule is CC(C)(C)OC(=O)N1CC(n2cc(C(F)(F)F)nc2-c2ccc(Cn3ncc4cnc(Cl)nc43)cc2)C1. The molecule has 3 aromatic heterocycles. The van der Waals surface area contributed by atoms with E-state index in [1.54, 1.807) is 62.1 Å². The lowest BCUT2D eigenvalue weighted by molar-refractivity contribution is -0.141. The summed E-state index contributed by atoms with van der Waals surface area (Å²) in [5.41, 5.74) is 0.314. The zero-order valence-electron chi connectivity index (χ0n) is 20.2. The zero-order valence-corrected chi connectivity index (χ0v) is 21.0. The highest BCUT2D eigenvalue weighted by atomic mass is 35.5. The van der Waals surface area contributed by atoms with E-state index in [2.05, 4.69) is 20.1 Å². The van der Waals surface area contributed by atoms with E-state index in [0.717, 1.165) is 17.1 Å². The molecule has 0 unspecified atom stereocenters. The summed E-state index contributed by atoms with van der Waals surface area (Å²) in [5, 5.41) is 5.16. The molecule has 0 bridgehead atoms. The minimum absolute atomic E-state index is 0.109. The number of likely N-dealkylation sites (tertiary alicyclic amines) is 1. The highest BCUT2D eigenvalue weighted by molar-refractivity contribution is 6.28. The molecule has 1 aliphatic heterocycles. The molecular formula is C24H23ClF3N7O2. The molecule has 5 rings (SSSR count). The Balaban J connectivity index is 1.37. The molecule has 0 saturated carbocycles. The number of rotatable bonds is 4. The van der Waals surface area contributed by atoms with Crippen LogP contribution in [0.3, 0.4) is 0 Å². The number of nitrogens with zero attached hydrogens (tertiary/aromatic N) is 7. The number of hydrogen-bond donors (Lipinski definition) is 0. The van der Waals surface area contributed by atoms with Crippen LogP contribution in [0.5, 0.6) is 0 Å². The van der Waals surface area contributed by atoms with E-state index in [0.29, 0.717) is 17.8 Å². The second kappa shape index (κ2) is 9.02. The Kier molecular flexibility index (Phi) is 6.09. The molecule has 0 N–H and O–H groups in total. The molecular weight excluding hydrogens is 511 g/mol. The maximum absolute atomic E-state index is 13.5. The standard InChI is InChI=1S/C24H23ClF3N7O2/c1-23(2,3)37-22(36)33-11-17(12-33)34-13-18(24(26,27)28)31-19(34)15-6-4-14(5-7-15)10-35-20-16(9-30-35)8-29-21(25)32-20/h4-9,13,17H,10-12H2,1-3H3. The highest BCUT2D eigenvalue weighted by Crippen LogP contribution is 2.35. The number of fused-ring (bicyclic) bond motifs is 1. The molecule has 0 radical (unpaired) electrons. The lowest BCUT2D eigenvalue weighted by Gasteiger charge is -2.40. The van der Waals surface area contributed by atoms with Gasteiger partial charge in [0.05, 0.1) is 24.2 Å². The zero-order chi connectivity index (χ0) is 26.5. The quantitative estimate of drug-likeness (QED) is 0.335. The highest BCUT2D eigenvalue weighted by Gasteiger charge is 2.40. The Hall–Kier alpha value is -3.67. The molecule has 0 aliphatic carbocycles. The van der Waals surface area contributed by atoms with Crippen molar-refractivity contribution in [3.8, 4) is 11.4 Å². The third-order valence-electron chi connectivity index (χ3n) is 5.82. The minimum atomic E-state index is -4.60. The average molecular weight is 534 g/mol. The Morgan fingerprint density at radius 3 is 2.46 bits per heavy atom. The molecule has 0 atom stereocenters. The molecule has 9 nitrogen and oxygen atoms in total. The predicted molar refractivity (Wildman–Crippen MR) is 129 cm³/mol. The molecule has 194 valence electrons. The number of carbonyl (C=O) groups is 1. The van der Waals surface area contributed by atoms with Crippen LogP contribution in [0.1, 0.15) is 38.1 Å². The van der Waals surface area contributed by atoms with Gasteiger partial charge in [-0.3, -0.25) is 0 Å². The maximum Gasteiger partial charge on any atom is 0.434 e. The number of benzene rings is 1. The van der Waals surface area contributed by atoms with Crippen molar-refractivity contribution in [1.29, 1.82) is 0 Å². The summed E-state index contributed by atoms with van der Waals surface area (Å²) >= 11 is 5.90. The van der Waals surface area contributed by atoms with Crippen LogP contribution in [0, 0.1) is 0 Å². The van der Waals surface area contributed by atoms with E-state index >= 15 is 0 Å². The number of ether oxygens (including phenoxy) is 1. The van der Waals surface area contributed by atoms with E-state index in [1.165, 1.54) is 9.47 Å². The van der Waals surface area contributed by atoms with Crippen LogP contribution in [0.4, 0.5) is 18.0 Å². The van der Waals surface area contributed by atoms with Gasteiger partial charge in [0.1, 0.15) is 11.4 Å². The number of halogens is 4. The van der Waals surface area contributed by atoms with Crippen molar-refractivity contribution in [2.24, 2.45) is 0 Å². The van der Waals surface area contributed by atoms with Gasteiger partial charge in [-0.25, -0.2) is 19.4 Å². The topological polar surface area (TPSA) is 91.0 Å². The van der Waals surface area contributed by atoms with E-state index in [4.69, 9.17) is 16.3 Å². The van der Waals surface area contributed by atoms with Gasteiger partial charge in [0.2, 0.25) is 5.28 Å². The third-order valence-corrected chi connectivity index (χ3v) is 6.00. The van der Waals surface area contributed by atoms with Gasteiger partial charge in [-0.2, -0.15) is 23.3 Å². The van der Waals surface area contributed by atoms with Gasteiger partial charge < -0.3 is 14.2 Å². The first-order valence-electron chi connectivity index (χ1n) is 11.4. The second-order valence-electron chi connectivity index (χ2n) is 9.81. The number of imidazole rings is 1. The largest absolute Gasteiger partial charge is 0.444 e. The van der Waals surface area contributed by atoms with Crippen LogP contribution in [0.25, 0.3) is 22.4 Å². The lowest BCUT2D eigenvalue weighted by atomic mass is 10.1. The third kappa shape index (κ3) is 5.24. The summed E-state index contributed by atoms with van der Waals surface area (Å²) in [6.07, 6.45) is -0.879. The van der Waals surface area contributed by atoms with Crippen molar-refractivity contribution in [2.45, 2.75) is 45.1 Å². The molecule has 1 saturated heterocycles. The Labute approximate surface area is 214 Å². The first-order chi connectivity index (χ1) is 17.4. The van der Waals surface area contributed by atoms with E-state index in [-0.39, 0.29) is 30.2 Å². The monoisotopic (exact) mass is 533 g/mol. The average Bonchev–Trinajstić information content (AvgIpc) is 3.37. The summed E-state index contributed by atoms with van der Waals surface area (Å²) in [7, 11) is 0. The summed E-state index contributed by atoms with van der Waals surface area (Å²) in [6.45, 7) is 6.11. The van der Waals surface area contributed by atoms with Crippen LogP contribution >= 0.6 is 11.6 Å². The normalized spacial score (nSPS) is 14.7. The van der Waals surface area contributed by atoms with Gasteiger partial charge in [0.15, 0.2) is 11.3 Å². The number of aromatic nitrogens is 6. The van der Waals surface area contributed by atoms with Crippen LogP contribution < -0.4 is 0 Å². The summed E-state index contributed by atoms with van der Waals surface area (Å²) < 4.78 is 49.0. The van der Waals surface area contributed by atoms with Crippen LogP contribution in [-0.4, -0.2) is 59.0 Å². The molecule has 1 amide bonds. The molecule has 37 heavy (non-hydrogen) atoms. The Morgan fingerprint density at radius 1 is 1.11 bits per heavy atom. The van der Waals surface area contributed by atoms with E-state index in [1.807, 2.05) is 0 Å². The molecule has 4 heterocycles. The first kappa shape index (κ1) is 25.0. The minimum Gasteiger partial charge on any atom is -0.444 e. The second-order valence-corrected chi connectivity index (χ2v) is 10.1. The molecule has 4 aromatic rings. The Morgan fingerprint density at radius 2 is 1.81 bits per heavy atom. The number of amides is 1. The van der Waals surface area contributed by atoms with Gasteiger partial charge in [-0.1, -0.05) is 24.3 Å². The molecule has 1 aromatic carbocycles. The molecule has 13 heteroatoms. The summed E-state index contributed by atoms with van der Waals surface area (Å²) in [5.74, 6) is 0.178. The summed E-state index contributed by atoms with van der Waals surface area (Å²) in [4.78, 5) is 25.8. The maximum atomic E-state index is 13.5. The number of hydrogen-bond acceptors (Lipinski definition) is 6. The molecule has 1 aliphatic rings. The number of carbonyl (C=O) groups excluding carboxylic acids is 1. The summed E-state index contributed by atoms with van der Waals surface area (Å²) in [6, 6.07) is 6.67. The van der Waals surface area contributed by atoms with Crippen molar-refractivity contribution >= 4 is 28.7 Å². The van der Waals surface area contributed by atoms with Gasteiger partial charge >= 0.3 is 12.3 Å². The first-order valence-corrected chi connectivity index (χ1v) is 11.8. The predicted octanol–water partition coefficient (Wildman–Crippen LogP) is 5.20. The fraction of sp³-hybridized carbons (Fsp3) is 0.375. The van der Waals surface area contributed by atoms with Crippen LogP contribution in [0.15, 0.2) is 42.9 Å². The van der Waals surface area contributed by atoms with Crippen molar-refractivity contribution in [2.75, 3.05) is 13.1 Å². The number of alkyl halides is 3. The van der Waals surface area contributed by atoms with Gasteiger partial charge in [-0.05, 0) is 37.9 Å². The van der Waals surface area contributed by atoms with Gasteiger partial charge in [0.25, 0.3) is 0 Å². The molecule has 0 spiro atoms. The van der Waals surface area contributed by atoms with Crippen molar-refractivity contribution in [3.05, 3.63) is 59.4 Å². The lowest BCUT2D eigenvalue weighted by Crippen LogP contribution is -2.52.